The maximum atomic E-state index is 13.3. The van der Waals surface area contributed by atoms with Gasteiger partial charge in [-0.15, -0.1) is 0 Å². The lowest BCUT2D eigenvalue weighted by molar-refractivity contribution is 0.234. The molecule has 112 heavy (non-hydrogen) atoms. The summed E-state index contributed by atoms with van der Waals surface area (Å²) in [6.07, 6.45) is 59.7. The molecule has 626 valence electrons. The van der Waals surface area contributed by atoms with Crippen LogP contribution in [0.25, 0.3) is 36.5 Å². The third-order valence-electron chi connectivity index (χ3n) is 22.1. The highest BCUT2D eigenvalue weighted by Crippen LogP contribution is 2.42. The molecule has 13 heteroatoms. The first-order valence-electron chi connectivity index (χ1n) is 45.4. The summed E-state index contributed by atoms with van der Waals surface area (Å²) < 4.78 is 48.1. The Hall–Kier alpha value is -7.15. The summed E-state index contributed by atoms with van der Waals surface area (Å²) in [6.45, 7) is 33.0. The van der Waals surface area contributed by atoms with E-state index in [0.29, 0.717) is 81.5 Å². The lowest BCUT2D eigenvalue weighted by Crippen LogP contribution is -2.23. The molecular formula is C99H156N4O9. The summed E-state index contributed by atoms with van der Waals surface area (Å²) in [5.41, 5.74) is 6.42. The first-order valence-corrected chi connectivity index (χ1v) is 45.4. The second-order valence-corrected chi connectivity index (χ2v) is 32.5. The summed E-state index contributed by atoms with van der Waals surface area (Å²) in [7, 11) is 0. The molecule has 5 aromatic rings. The van der Waals surface area contributed by atoms with Gasteiger partial charge in [-0.2, -0.15) is 4.98 Å². The van der Waals surface area contributed by atoms with Gasteiger partial charge in [-0.3, -0.25) is 10.1 Å². The Morgan fingerprint density at radius 1 is 0.366 bits per heavy atom. The number of rotatable bonds is 66. The summed E-state index contributed by atoms with van der Waals surface area (Å²) in [6, 6.07) is 21.5. The van der Waals surface area contributed by atoms with E-state index in [-0.39, 0.29) is 11.5 Å². The predicted octanol–water partition coefficient (Wildman–Crippen LogP) is 29.3. The number of aromatic amines is 1. The molecule has 0 aliphatic carbocycles. The van der Waals surface area contributed by atoms with Gasteiger partial charge < -0.3 is 43.5 Å². The Kier molecular flexibility index (Phi) is 50.7. The van der Waals surface area contributed by atoms with Crippen LogP contribution in [0, 0.1) is 29.6 Å². The molecule has 1 unspecified atom stereocenters. The van der Waals surface area contributed by atoms with Gasteiger partial charge in [0.1, 0.15) is 23.0 Å². The lowest BCUT2D eigenvalue weighted by Gasteiger charge is -2.19. The number of hydrogen-bond acceptors (Lipinski definition) is 10. The van der Waals surface area contributed by atoms with E-state index in [2.05, 4.69) is 183 Å². The Bertz CT molecular complexity index is 3400. The summed E-state index contributed by atoms with van der Waals surface area (Å²) in [4.78, 5) is 33.2. The van der Waals surface area contributed by atoms with Gasteiger partial charge in [-0.25, -0.2) is 4.79 Å². The van der Waals surface area contributed by atoms with Gasteiger partial charge in [-0.05, 0) is 115 Å². The minimum absolute atomic E-state index is 0.122. The monoisotopic (exact) mass is 1550 g/mol. The first-order chi connectivity index (χ1) is 54.6. The van der Waals surface area contributed by atoms with Crippen LogP contribution in [0.5, 0.6) is 40.2 Å². The summed E-state index contributed by atoms with van der Waals surface area (Å²) in [5.74, 6) is 7.10. The summed E-state index contributed by atoms with van der Waals surface area (Å²) >= 11 is 0. The van der Waals surface area contributed by atoms with Gasteiger partial charge >= 0.3 is 6.03 Å². The van der Waals surface area contributed by atoms with E-state index >= 15 is 0 Å². The number of aromatic nitrogens is 2. The second kappa shape index (κ2) is 59.5. The normalized spacial score (nSPS) is 13.0. The Balaban J connectivity index is 1.54. The average molecular weight is 1550 g/mol. The molecule has 0 saturated carbocycles. The first kappa shape index (κ1) is 95.4. The minimum atomic E-state index is -0.500. The van der Waals surface area contributed by atoms with Crippen molar-refractivity contribution in [1.29, 1.82) is 0 Å². The van der Waals surface area contributed by atoms with E-state index in [4.69, 9.17) is 33.2 Å². The third-order valence-corrected chi connectivity index (χ3v) is 22.1. The number of nitrogens with one attached hydrogen (secondary N) is 3. The van der Waals surface area contributed by atoms with E-state index in [0.717, 1.165) is 176 Å². The van der Waals surface area contributed by atoms with Crippen LogP contribution in [0.2, 0.25) is 0 Å². The molecule has 4 aromatic carbocycles. The van der Waals surface area contributed by atoms with Crippen molar-refractivity contribution in [3.8, 4) is 40.2 Å². The number of ether oxygens (including phenoxy) is 7. The van der Waals surface area contributed by atoms with Gasteiger partial charge in [0.2, 0.25) is 11.7 Å². The highest BCUT2D eigenvalue weighted by molar-refractivity contribution is 5.98. The maximum absolute atomic E-state index is 13.3. The van der Waals surface area contributed by atoms with E-state index in [1.807, 2.05) is 24.3 Å². The van der Waals surface area contributed by atoms with Crippen LogP contribution in [-0.4, -0.2) is 62.2 Å². The largest absolute Gasteiger partial charge is 0.493 e. The maximum Gasteiger partial charge on any atom is 0.326 e. The zero-order valence-corrected chi connectivity index (χ0v) is 72.9. The van der Waals surface area contributed by atoms with Crippen molar-refractivity contribution in [3.63, 3.8) is 0 Å². The smallest absolute Gasteiger partial charge is 0.326 e. The van der Waals surface area contributed by atoms with Crippen molar-refractivity contribution in [3.05, 3.63) is 116 Å². The van der Waals surface area contributed by atoms with Crippen LogP contribution >= 0.6 is 0 Å². The SMILES string of the molecule is CCCCCCCCCCCCOc1cc(/C=C/c2cc(OC[C@@H](C)CC)c(/C=C/c3cc(OC[C@@H](C)CC)c(/C=C/c4ccc(NC(=O)Nc5nc(=O)cc(CC(CC)CCCC)[nH]5)cc4)cc3OC[C@@H](C)CC)cc2OC[C@@H](C)CC)cc(OCCCCCCCCCCCC)c1OCCCCCCCCCCCC. The Morgan fingerprint density at radius 3 is 1.06 bits per heavy atom. The number of anilines is 2. The fraction of sp³-hybridized carbons (Fsp3) is 0.646. The van der Waals surface area contributed by atoms with Crippen LogP contribution < -0.4 is 49.4 Å². The number of nitrogens with zero attached hydrogens (tertiary/aromatic N) is 1. The number of urea groups is 1. The molecule has 0 aliphatic heterocycles. The van der Waals surface area contributed by atoms with Crippen LogP contribution in [0.3, 0.4) is 0 Å². The zero-order valence-electron chi connectivity index (χ0n) is 72.9. The van der Waals surface area contributed by atoms with Gasteiger partial charge in [0.15, 0.2) is 11.5 Å². The number of hydrogen-bond donors (Lipinski definition) is 3. The number of H-pyrrole nitrogens is 1. The standard InChI is InChI=1S/C99H156N4O9/c1-14-23-27-30-33-36-39-42-45-48-62-106-94-66-83(67-95(107-63-49-46-43-40-37-34-31-28-24-15-2)97(94)108-64-50-47-44-41-38-35-32-29-25-16-3)53-57-85-69-93(112-76-80(13)21-8)87(71-91(85)110-74-78(11)19-6)59-58-86-70-90(109-73-77(10)18-5)84(68-92(86)111-75-79(12)20-7)56-52-82-54-60-88(61-55-82)101-99(105)103-98-100-89(72-96(104)102-98)65-81(22-9)51-26-17-4/h52-61,66-72,77-81H,14-51,62-65,73-76H2,1-13H3,(H3,100,101,102,103,104,105)/b56-52+,57-53+,59-58+/t77-,78-,79-,80-,81?/m0/s1. The molecule has 0 saturated heterocycles. The van der Waals surface area contributed by atoms with Crippen molar-refractivity contribution in [2.24, 2.45) is 29.6 Å². The number of benzene rings is 4. The van der Waals surface area contributed by atoms with E-state index < -0.39 is 6.03 Å². The molecular weight excluding hydrogens is 1390 g/mol. The third kappa shape index (κ3) is 40.2. The van der Waals surface area contributed by atoms with Gasteiger partial charge in [0.25, 0.3) is 5.56 Å². The molecule has 5 rings (SSSR count). The number of amides is 2. The topological polar surface area (TPSA) is 151 Å². The molecule has 3 N–H and O–H groups in total. The molecule has 0 aliphatic rings. The fourth-order valence-electron chi connectivity index (χ4n) is 13.4. The van der Waals surface area contributed by atoms with Gasteiger partial charge in [-0.1, -0.05) is 363 Å². The molecule has 2 amide bonds. The molecule has 0 spiro atoms. The molecule has 5 atom stereocenters. The van der Waals surface area contributed by atoms with Crippen LogP contribution in [-0.2, 0) is 6.42 Å². The van der Waals surface area contributed by atoms with Crippen LogP contribution in [0.4, 0.5) is 16.4 Å². The van der Waals surface area contributed by atoms with Crippen molar-refractivity contribution >= 4 is 54.1 Å². The molecule has 13 nitrogen and oxygen atoms in total. The Labute approximate surface area is 681 Å². The van der Waals surface area contributed by atoms with E-state index in [1.165, 1.54) is 160 Å². The van der Waals surface area contributed by atoms with Crippen molar-refractivity contribution in [2.75, 3.05) is 56.9 Å². The van der Waals surface area contributed by atoms with E-state index in [1.54, 1.807) is 0 Å². The molecule has 0 radical (unpaired) electrons. The van der Waals surface area contributed by atoms with Crippen molar-refractivity contribution < 1.29 is 38.0 Å². The molecule has 0 fully saturated rings. The van der Waals surface area contributed by atoms with Crippen LogP contribution in [0.1, 0.15) is 373 Å². The van der Waals surface area contributed by atoms with Gasteiger partial charge in [0.05, 0.1) is 46.2 Å². The van der Waals surface area contributed by atoms with Crippen molar-refractivity contribution in [1.82, 2.24) is 9.97 Å². The average Bonchev–Trinajstić information content (AvgIpc) is 0.812. The predicted molar refractivity (Wildman–Crippen MR) is 479 cm³/mol. The molecule has 1 aromatic heterocycles. The Morgan fingerprint density at radius 2 is 0.705 bits per heavy atom. The van der Waals surface area contributed by atoms with Gasteiger partial charge in [0, 0.05) is 39.7 Å². The molecule has 0 bridgehead atoms. The van der Waals surface area contributed by atoms with E-state index in [9.17, 15) is 9.59 Å². The number of carbonyl (C=O) groups is 1. The number of unbranched alkanes of at least 4 members (excludes halogenated alkanes) is 28. The fourth-order valence-corrected chi connectivity index (χ4v) is 13.4. The quantitative estimate of drug-likeness (QED) is 0.0253. The lowest BCUT2D eigenvalue weighted by atomic mass is 9.94. The minimum Gasteiger partial charge on any atom is -0.493 e. The second-order valence-electron chi connectivity index (χ2n) is 32.5. The zero-order chi connectivity index (χ0) is 80.6. The highest BCUT2D eigenvalue weighted by atomic mass is 16.5. The van der Waals surface area contributed by atoms with Crippen LogP contribution in [0.15, 0.2) is 71.5 Å². The molecule has 1 heterocycles. The van der Waals surface area contributed by atoms with Crippen molar-refractivity contribution in [2.45, 2.75) is 340 Å². The highest BCUT2D eigenvalue weighted by Gasteiger charge is 2.20. The summed E-state index contributed by atoms with van der Waals surface area (Å²) in [5, 5.41) is 5.65. The number of carbonyl (C=O) groups excluding carboxylic acids is 1.